The van der Waals surface area contributed by atoms with E-state index in [-0.39, 0.29) is 12.4 Å². The molecule has 4 heteroatoms. The first-order valence-electron chi connectivity index (χ1n) is 7.51. The van der Waals surface area contributed by atoms with Crippen LogP contribution in [0.5, 0.6) is 5.75 Å². The number of para-hydroxylation sites is 1. The third-order valence-electron chi connectivity index (χ3n) is 3.72. The number of esters is 1. The second-order valence-corrected chi connectivity index (χ2v) is 5.25. The van der Waals surface area contributed by atoms with Crippen LogP contribution in [-0.4, -0.2) is 25.5 Å². The van der Waals surface area contributed by atoms with Crippen molar-refractivity contribution in [1.29, 1.82) is 0 Å². The summed E-state index contributed by atoms with van der Waals surface area (Å²) in [5.41, 5.74) is 0.986. The van der Waals surface area contributed by atoms with Gasteiger partial charge in [-0.3, -0.25) is 4.79 Å². The lowest BCUT2D eigenvalue weighted by Crippen LogP contribution is -2.14. The van der Waals surface area contributed by atoms with Crippen LogP contribution in [0.2, 0.25) is 0 Å². The average molecular weight is 320 g/mol. The quantitative estimate of drug-likeness (QED) is 0.532. The second-order valence-electron chi connectivity index (χ2n) is 5.25. The summed E-state index contributed by atoms with van der Waals surface area (Å²) in [4.78, 5) is 24.1. The molecule has 0 fully saturated rings. The van der Waals surface area contributed by atoms with Crippen LogP contribution in [-0.2, 0) is 9.53 Å². The first-order chi connectivity index (χ1) is 11.7. The molecule has 0 unspecified atom stereocenters. The van der Waals surface area contributed by atoms with Crippen molar-refractivity contribution in [2.24, 2.45) is 0 Å². The van der Waals surface area contributed by atoms with Gasteiger partial charge in [0.1, 0.15) is 5.75 Å². The Morgan fingerprint density at radius 1 is 0.875 bits per heavy atom. The molecule has 0 saturated heterocycles. The number of methoxy groups -OCH3 is 1. The van der Waals surface area contributed by atoms with Crippen molar-refractivity contribution in [1.82, 2.24) is 0 Å². The van der Waals surface area contributed by atoms with E-state index in [0.29, 0.717) is 16.9 Å². The van der Waals surface area contributed by atoms with Gasteiger partial charge in [-0.1, -0.05) is 48.5 Å². The Balaban J connectivity index is 1.92. The van der Waals surface area contributed by atoms with Gasteiger partial charge in [0.2, 0.25) is 0 Å². The lowest BCUT2D eigenvalue weighted by atomic mass is 9.99. The van der Waals surface area contributed by atoms with E-state index in [0.717, 1.165) is 10.8 Å². The number of rotatable bonds is 5. The minimum absolute atomic E-state index is 0.152. The Morgan fingerprint density at radius 2 is 1.58 bits per heavy atom. The monoisotopic (exact) mass is 320 g/mol. The molecule has 4 nitrogen and oxygen atoms in total. The molecule has 3 aromatic carbocycles. The van der Waals surface area contributed by atoms with Gasteiger partial charge in [-0.05, 0) is 29.0 Å². The molecule has 0 atom stereocenters. The Hall–Kier alpha value is -3.14. The minimum atomic E-state index is -0.497. The van der Waals surface area contributed by atoms with Gasteiger partial charge in [0.05, 0.1) is 12.7 Å². The van der Waals surface area contributed by atoms with Gasteiger partial charge >= 0.3 is 5.97 Å². The van der Waals surface area contributed by atoms with Crippen molar-refractivity contribution in [2.45, 2.75) is 0 Å². The van der Waals surface area contributed by atoms with Gasteiger partial charge in [-0.25, -0.2) is 4.79 Å². The van der Waals surface area contributed by atoms with Gasteiger partial charge in [0.25, 0.3) is 0 Å². The summed E-state index contributed by atoms with van der Waals surface area (Å²) in [6.45, 7) is -0.238. The number of ether oxygens (including phenoxy) is 2. The lowest BCUT2D eigenvalue weighted by Gasteiger charge is -2.10. The van der Waals surface area contributed by atoms with Crippen LogP contribution in [0.3, 0.4) is 0 Å². The molecular weight excluding hydrogens is 304 g/mol. The molecule has 0 heterocycles. The molecule has 0 saturated carbocycles. The Bertz CT molecular complexity index is 899. The van der Waals surface area contributed by atoms with E-state index in [9.17, 15) is 9.59 Å². The third kappa shape index (κ3) is 3.27. The normalized spacial score (nSPS) is 10.4. The molecule has 3 rings (SSSR count). The first kappa shape index (κ1) is 15.7. The summed E-state index contributed by atoms with van der Waals surface area (Å²) in [5.74, 6) is -0.287. The molecule has 0 aliphatic heterocycles. The zero-order valence-electron chi connectivity index (χ0n) is 13.2. The van der Waals surface area contributed by atoms with Crippen LogP contribution in [0.25, 0.3) is 10.8 Å². The van der Waals surface area contributed by atoms with E-state index in [4.69, 9.17) is 4.74 Å². The number of hydrogen-bond donors (Lipinski definition) is 0. The van der Waals surface area contributed by atoms with Crippen LogP contribution in [0.4, 0.5) is 0 Å². The highest BCUT2D eigenvalue weighted by molar-refractivity contribution is 6.12. The fraction of sp³-hybridized carbons (Fsp3) is 0.100. The summed E-state index contributed by atoms with van der Waals surface area (Å²) >= 11 is 0. The zero-order valence-corrected chi connectivity index (χ0v) is 13.2. The first-order valence-corrected chi connectivity index (χ1v) is 7.51. The highest BCUT2D eigenvalue weighted by atomic mass is 16.6. The predicted molar refractivity (Wildman–Crippen MR) is 91.3 cm³/mol. The van der Waals surface area contributed by atoms with Crippen molar-refractivity contribution >= 4 is 22.5 Å². The molecule has 0 aliphatic rings. The minimum Gasteiger partial charge on any atom is -0.481 e. The van der Waals surface area contributed by atoms with Crippen LogP contribution >= 0.6 is 0 Å². The predicted octanol–water partition coefficient (Wildman–Crippen LogP) is 3.62. The lowest BCUT2D eigenvalue weighted by molar-refractivity contribution is -0.142. The Morgan fingerprint density at radius 3 is 2.38 bits per heavy atom. The smallest absolute Gasteiger partial charge is 0.343 e. The van der Waals surface area contributed by atoms with E-state index in [1.807, 2.05) is 36.4 Å². The molecule has 0 amide bonds. The second kappa shape index (κ2) is 6.96. The topological polar surface area (TPSA) is 52.6 Å². The fourth-order valence-electron chi connectivity index (χ4n) is 2.46. The van der Waals surface area contributed by atoms with E-state index >= 15 is 0 Å². The molecule has 0 spiro atoms. The molecule has 0 bridgehead atoms. The van der Waals surface area contributed by atoms with Crippen molar-refractivity contribution < 1.29 is 19.1 Å². The molecule has 0 aromatic heterocycles. The highest BCUT2D eigenvalue weighted by Gasteiger charge is 2.15. The van der Waals surface area contributed by atoms with E-state index in [1.54, 1.807) is 30.3 Å². The number of carbonyl (C=O) groups is 2. The number of carbonyl (C=O) groups excluding carboxylic acids is 2. The van der Waals surface area contributed by atoms with Gasteiger partial charge in [0, 0.05) is 5.56 Å². The van der Waals surface area contributed by atoms with Gasteiger partial charge in [-0.15, -0.1) is 0 Å². The number of fused-ring (bicyclic) bond motifs is 1. The van der Waals surface area contributed by atoms with Gasteiger partial charge in [0.15, 0.2) is 12.4 Å². The van der Waals surface area contributed by atoms with Crippen molar-refractivity contribution in [3.63, 3.8) is 0 Å². The SMILES string of the molecule is COC(=O)COc1ccccc1C(=O)c1ccc2ccccc2c1. The van der Waals surface area contributed by atoms with Crippen molar-refractivity contribution in [3.8, 4) is 5.75 Å². The average Bonchev–Trinajstić information content (AvgIpc) is 2.65. The van der Waals surface area contributed by atoms with Crippen LogP contribution in [0.1, 0.15) is 15.9 Å². The molecule has 120 valence electrons. The molecule has 0 radical (unpaired) electrons. The van der Waals surface area contributed by atoms with Crippen LogP contribution < -0.4 is 4.74 Å². The van der Waals surface area contributed by atoms with Crippen LogP contribution in [0.15, 0.2) is 66.7 Å². The Kier molecular flexibility index (Phi) is 4.57. The molecule has 3 aromatic rings. The fourth-order valence-corrected chi connectivity index (χ4v) is 2.46. The number of hydrogen-bond acceptors (Lipinski definition) is 4. The molecule has 24 heavy (non-hydrogen) atoms. The third-order valence-corrected chi connectivity index (χ3v) is 3.72. The highest BCUT2D eigenvalue weighted by Crippen LogP contribution is 2.24. The maximum Gasteiger partial charge on any atom is 0.343 e. The van der Waals surface area contributed by atoms with Gasteiger partial charge < -0.3 is 9.47 Å². The van der Waals surface area contributed by atoms with Crippen molar-refractivity contribution in [2.75, 3.05) is 13.7 Å². The molecule has 0 N–H and O–H groups in total. The number of benzene rings is 3. The molecular formula is C20H16O4. The van der Waals surface area contributed by atoms with E-state index < -0.39 is 5.97 Å². The Labute approximate surface area is 139 Å². The maximum atomic E-state index is 12.8. The largest absolute Gasteiger partial charge is 0.481 e. The van der Waals surface area contributed by atoms with Crippen molar-refractivity contribution in [3.05, 3.63) is 77.9 Å². The summed E-state index contributed by atoms with van der Waals surface area (Å²) in [7, 11) is 1.29. The summed E-state index contributed by atoms with van der Waals surface area (Å²) in [6, 6.07) is 20.3. The van der Waals surface area contributed by atoms with Crippen LogP contribution in [0, 0.1) is 0 Å². The van der Waals surface area contributed by atoms with E-state index in [2.05, 4.69) is 4.74 Å². The standard InChI is InChI=1S/C20H16O4/c1-23-19(21)13-24-18-9-5-4-8-17(18)20(22)16-11-10-14-6-2-3-7-15(14)12-16/h2-12H,13H2,1H3. The summed E-state index contributed by atoms with van der Waals surface area (Å²) in [6.07, 6.45) is 0. The number of ketones is 1. The zero-order chi connectivity index (χ0) is 16.9. The maximum absolute atomic E-state index is 12.8. The summed E-state index contributed by atoms with van der Waals surface area (Å²) in [5, 5.41) is 2.07. The van der Waals surface area contributed by atoms with Gasteiger partial charge in [-0.2, -0.15) is 0 Å². The summed E-state index contributed by atoms with van der Waals surface area (Å²) < 4.78 is 9.98. The van der Waals surface area contributed by atoms with E-state index in [1.165, 1.54) is 7.11 Å². The molecule has 0 aliphatic carbocycles.